The van der Waals surface area contributed by atoms with Crippen molar-refractivity contribution in [3.63, 3.8) is 0 Å². The molecule has 0 bridgehead atoms. The fourth-order valence-electron chi connectivity index (χ4n) is 2.16. The largest absolute Gasteiger partial charge is 0.479 e. The van der Waals surface area contributed by atoms with Crippen LogP contribution in [0.4, 0.5) is 0 Å². The van der Waals surface area contributed by atoms with Crippen molar-refractivity contribution in [2.45, 2.75) is 31.8 Å². The summed E-state index contributed by atoms with van der Waals surface area (Å²) in [6, 6.07) is 3.55. The molecule has 0 radical (unpaired) electrons. The molecule has 4 nitrogen and oxygen atoms in total. The molecule has 6 heteroatoms. The molecule has 102 valence electrons. The van der Waals surface area contributed by atoms with Gasteiger partial charge in [-0.25, -0.2) is 4.79 Å². The highest BCUT2D eigenvalue weighted by Gasteiger charge is 2.40. The maximum atomic E-state index is 11.7. The van der Waals surface area contributed by atoms with E-state index in [4.69, 9.17) is 23.2 Å². The third-order valence-corrected chi connectivity index (χ3v) is 3.45. The van der Waals surface area contributed by atoms with Gasteiger partial charge in [0.2, 0.25) is 5.91 Å². The zero-order chi connectivity index (χ0) is 14.2. The number of hydrogen-bond donors (Lipinski definition) is 1. The minimum Gasteiger partial charge on any atom is -0.479 e. The van der Waals surface area contributed by atoms with Gasteiger partial charge in [-0.3, -0.25) is 4.79 Å². The third kappa shape index (κ3) is 3.19. The fourth-order valence-corrected chi connectivity index (χ4v) is 2.70. The van der Waals surface area contributed by atoms with Gasteiger partial charge in [-0.15, -0.1) is 0 Å². The molecule has 2 rings (SSSR count). The lowest BCUT2D eigenvalue weighted by Crippen LogP contribution is -2.39. The number of carboxylic acids is 1. The predicted molar refractivity (Wildman–Crippen MR) is 72.4 cm³/mol. The fraction of sp³-hybridized carbons (Fsp3) is 0.385. The monoisotopic (exact) mass is 301 g/mol. The first-order chi connectivity index (χ1) is 8.90. The van der Waals surface area contributed by atoms with Crippen LogP contribution in [0.25, 0.3) is 0 Å². The highest BCUT2D eigenvalue weighted by atomic mass is 35.5. The van der Waals surface area contributed by atoms with Gasteiger partial charge < -0.3 is 10.0 Å². The smallest absolute Gasteiger partial charge is 0.331 e. The number of benzene rings is 1. The first-order valence-corrected chi connectivity index (χ1v) is 6.63. The maximum absolute atomic E-state index is 11.7. The van der Waals surface area contributed by atoms with Crippen LogP contribution >= 0.6 is 23.2 Å². The standard InChI is InChI=1S/C13H13Cl2NO3/c1-7(17)16(11-2-3-11)12(13(18)19)8-4-9(14)6-10(15)5-8/h4-6,11-12H,2-3H2,1H3,(H,18,19). The predicted octanol–water partition coefficient (Wildman–Crippen LogP) is 3.13. The van der Waals surface area contributed by atoms with Crippen molar-refractivity contribution in [2.75, 3.05) is 0 Å². The molecule has 1 atom stereocenters. The van der Waals surface area contributed by atoms with E-state index in [1.54, 1.807) is 0 Å². The Kier molecular flexibility index (Phi) is 4.02. The number of carbonyl (C=O) groups excluding carboxylic acids is 1. The molecule has 0 spiro atoms. The van der Waals surface area contributed by atoms with Crippen LogP contribution in [0.2, 0.25) is 10.0 Å². The van der Waals surface area contributed by atoms with Gasteiger partial charge in [0.1, 0.15) is 0 Å². The average molecular weight is 302 g/mol. The van der Waals surface area contributed by atoms with E-state index in [-0.39, 0.29) is 11.9 Å². The average Bonchev–Trinajstić information content (AvgIpc) is 3.06. The Morgan fingerprint density at radius 1 is 1.26 bits per heavy atom. The Hall–Kier alpha value is -1.26. The lowest BCUT2D eigenvalue weighted by Gasteiger charge is -2.28. The number of carboxylic acid groups (broad SMARTS) is 1. The quantitative estimate of drug-likeness (QED) is 0.929. The van der Waals surface area contributed by atoms with Crippen molar-refractivity contribution in [3.05, 3.63) is 33.8 Å². The molecule has 0 aromatic heterocycles. The Labute approximate surface area is 120 Å². The van der Waals surface area contributed by atoms with Gasteiger partial charge in [0.05, 0.1) is 0 Å². The number of halogens is 2. The van der Waals surface area contributed by atoms with Gasteiger partial charge in [0.25, 0.3) is 0 Å². The molecular formula is C13H13Cl2NO3. The van der Waals surface area contributed by atoms with E-state index in [1.807, 2.05) is 0 Å². The molecule has 1 aliphatic rings. The molecule has 0 saturated heterocycles. The number of aliphatic carboxylic acids is 1. The van der Waals surface area contributed by atoms with Crippen LogP contribution in [-0.4, -0.2) is 27.9 Å². The Bertz CT molecular complexity index is 508. The normalized spacial score (nSPS) is 15.9. The second-order valence-corrected chi connectivity index (χ2v) is 5.47. The van der Waals surface area contributed by atoms with E-state index in [1.165, 1.54) is 30.0 Å². The molecule has 1 saturated carbocycles. The minimum atomic E-state index is -1.08. The highest BCUT2D eigenvalue weighted by Crippen LogP contribution is 2.36. The number of carbonyl (C=O) groups is 2. The van der Waals surface area contributed by atoms with Crippen LogP contribution in [0.1, 0.15) is 31.4 Å². The molecule has 1 aromatic carbocycles. The summed E-state index contributed by atoms with van der Waals surface area (Å²) in [5.41, 5.74) is 0.423. The van der Waals surface area contributed by atoms with Crippen LogP contribution in [0.15, 0.2) is 18.2 Å². The molecule has 1 aromatic rings. The second-order valence-electron chi connectivity index (χ2n) is 4.60. The second kappa shape index (κ2) is 5.39. The van der Waals surface area contributed by atoms with Crippen molar-refractivity contribution in [2.24, 2.45) is 0 Å². The van der Waals surface area contributed by atoms with E-state index in [9.17, 15) is 14.7 Å². The molecule has 1 aliphatic carbocycles. The molecule has 1 fully saturated rings. The lowest BCUT2D eigenvalue weighted by molar-refractivity contribution is -0.150. The van der Waals surface area contributed by atoms with Gasteiger partial charge in [-0.05, 0) is 36.6 Å². The first kappa shape index (κ1) is 14.2. The van der Waals surface area contributed by atoms with E-state index < -0.39 is 12.0 Å². The number of hydrogen-bond acceptors (Lipinski definition) is 2. The van der Waals surface area contributed by atoms with Crippen molar-refractivity contribution in [1.82, 2.24) is 4.90 Å². The molecule has 19 heavy (non-hydrogen) atoms. The van der Waals surface area contributed by atoms with Gasteiger partial charge in [-0.1, -0.05) is 23.2 Å². The summed E-state index contributed by atoms with van der Waals surface area (Å²) >= 11 is 11.8. The first-order valence-electron chi connectivity index (χ1n) is 5.88. The van der Waals surface area contributed by atoms with Gasteiger partial charge in [0.15, 0.2) is 6.04 Å². The Morgan fingerprint density at radius 2 is 1.79 bits per heavy atom. The van der Waals surface area contributed by atoms with Gasteiger partial charge in [-0.2, -0.15) is 0 Å². The Balaban J connectivity index is 2.43. The number of rotatable bonds is 4. The molecular weight excluding hydrogens is 289 g/mol. The summed E-state index contributed by atoms with van der Waals surface area (Å²) in [5, 5.41) is 10.1. The van der Waals surface area contributed by atoms with Crippen molar-refractivity contribution < 1.29 is 14.7 Å². The molecule has 1 amide bonds. The van der Waals surface area contributed by atoms with Crippen LogP contribution in [0.5, 0.6) is 0 Å². The van der Waals surface area contributed by atoms with Crippen LogP contribution in [0.3, 0.4) is 0 Å². The summed E-state index contributed by atoms with van der Waals surface area (Å²) in [7, 11) is 0. The van der Waals surface area contributed by atoms with Gasteiger partial charge >= 0.3 is 5.97 Å². The van der Waals surface area contributed by atoms with Crippen LogP contribution in [-0.2, 0) is 9.59 Å². The van der Waals surface area contributed by atoms with E-state index in [2.05, 4.69) is 0 Å². The summed E-state index contributed by atoms with van der Waals surface area (Å²) in [6.07, 6.45) is 1.66. The third-order valence-electron chi connectivity index (χ3n) is 3.02. The summed E-state index contributed by atoms with van der Waals surface area (Å²) in [6.45, 7) is 1.38. The number of amides is 1. The van der Waals surface area contributed by atoms with E-state index in [0.29, 0.717) is 15.6 Å². The SMILES string of the molecule is CC(=O)N(C1CC1)C(C(=O)O)c1cc(Cl)cc(Cl)c1. The minimum absolute atomic E-state index is 0.00337. The summed E-state index contributed by atoms with van der Waals surface area (Å²) in [4.78, 5) is 24.6. The highest BCUT2D eigenvalue weighted by molar-refractivity contribution is 6.34. The van der Waals surface area contributed by atoms with Crippen molar-refractivity contribution >= 4 is 35.1 Å². The van der Waals surface area contributed by atoms with Crippen molar-refractivity contribution in [1.29, 1.82) is 0 Å². The maximum Gasteiger partial charge on any atom is 0.331 e. The topological polar surface area (TPSA) is 57.6 Å². The van der Waals surface area contributed by atoms with E-state index >= 15 is 0 Å². The zero-order valence-electron chi connectivity index (χ0n) is 10.3. The molecule has 1 N–H and O–H groups in total. The van der Waals surface area contributed by atoms with E-state index in [0.717, 1.165) is 12.8 Å². The summed E-state index contributed by atoms with van der Waals surface area (Å²) in [5.74, 6) is -1.34. The van der Waals surface area contributed by atoms with Gasteiger partial charge in [0, 0.05) is 23.0 Å². The zero-order valence-corrected chi connectivity index (χ0v) is 11.8. The lowest BCUT2D eigenvalue weighted by atomic mass is 10.0. The van der Waals surface area contributed by atoms with Crippen LogP contribution in [0, 0.1) is 0 Å². The molecule has 1 unspecified atom stereocenters. The number of nitrogens with zero attached hydrogens (tertiary/aromatic N) is 1. The van der Waals surface area contributed by atoms with Crippen molar-refractivity contribution in [3.8, 4) is 0 Å². The Morgan fingerprint density at radius 3 is 2.16 bits per heavy atom. The molecule has 0 aliphatic heterocycles. The molecule has 0 heterocycles. The summed E-state index contributed by atoms with van der Waals surface area (Å²) < 4.78 is 0. The van der Waals surface area contributed by atoms with Crippen LogP contribution < -0.4 is 0 Å².